The van der Waals surface area contributed by atoms with Crippen molar-refractivity contribution in [3.05, 3.63) is 29.3 Å². The second-order valence-electron chi connectivity index (χ2n) is 3.99. The van der Waals surface area contributed by atoms with Crippen LogP contribution in [-0.2, 0) is 14.8 Å². The van der Waals surface area contributed by atoms with Gasteiger partial charge in [-0.1, -0.05) is 0 Å². The fourth-order valence-corrected chi connectivity index (χ4v) is 2.52. The van der Waals surface area contributed by atoms with Gasteiger partial charge in [0.05, 0.1) is 22.6 Å². The van der Waals surface area contributed by atoms with Gasteiger partial charge in [-0.05, 0) is 37.6 Å². The number of nitrogens with zero attached hydrogens (tertiary/aromatic N) is 1. The SMILES string of the molecule is COC(C)CNS(=O)(=O)c1ccc(C#N)c(C)c1. The number of rotatable bonds is 5. The van der Waals surface area contributed by atoms with Crippen molar-refractivity contribution in [3.63, 3.8) is 0 Å². The number of hydrogen-bond acceptors (Lipinski definition) is 4. The summed E-state index contributed by atoms with van der Waals surface area (Å²) in [7, 11) is -2.03. The second kappa shape index (κ2) is 5.96. The first kappa shape index (κ1) is 14.6. The Balaban J connectivity index is 2.93. The van der Waals surface area contributed by atoms with Gasteiger partial charge in [0, 0.05) is 13.7 Å². The maximum atomic E-state index is 12.0. The summed E-state index contributed by atoms with van der Waals surface area (Å²) in [5, 5.41) is 8.79. The molecule has 0 radical (unpaired) electrons. The molecule has 0 saturated carbocycles. The lowest BCUT2D eigenvalue weighted by Gasteiger charge is -2.11. The third-order valence-corrected chi connectivity index (χ3v) is 4.01. The summed E-state index contributed by atoms with van der Waals surface area (Å²) in [5.74, 6) is 0. The van der Waals surface area contributed by atoms with E-state index in [0.29, 0.717) is 11.1 Å². The highest BCUT2D eigenvalue weighted by Crippen LogP contribution is 2.14. The molecule has 0 saturated heterocycles. The lowest BCUT2D eigenvalue weighted by atomic mass is 10.1. The summed E-state index contributed by atoms with van der Waals surface area (Å²) < 4.78 is 31.3. The highest BCUT2D eigenvalue weighted by Gasteiger charge is 2.15. The minimum atomic E-state index is -3.55. The molecular formula is C12H16N2O3S. The fraction of sp³-hybridized carbons (Fsp3) is 0.417. The topological polar surface area (TPSA) is 79.2 Å². The van der Waals surface area contributed by atoms with E-state index in [1.165, 1.54) is 25.3 Å². The zero-order chi connectivity index (χ0) is 13.8. The van der Waals surface area contributed by atoms with Crippen molar-refractivity contribution < 1.29 is 13.2 Å². The number of hydrogen-bond donors (Lipinski definition) is 1. The lowest BCUT2D eigenvalue weighted by molar-refractivity contribution is 0.122. The number of aryl methyl sites for hydroxylation is 1. The van der Waals surface area contributed by atoms with Crippen molar-refractivity contribution >= 4 is 10.0 Å². The van der Waals surface area contributed by atoms with Crippen LogP contribution in [0.2, 0.25) is 0 Å². The number of nitrogens with one attached hydrogen (secondary N) is 1. The van der Waals surface area contributed by atoms with Crippen molar-refractivity contribution in [2.24, 2.45) is 0 Å². The molecule has 0 aliphatic carbocycles. The number of nitriles is 1. The lowest BCUT2D eigenvalue weighted by Crippen LogP contribution is -2.31. The molecule has 1 N–H and O–H groups in total. The van der Waals surface area contributed by atoms with Gasteiger partial charge >= 0.3 is 0 Å². The van der Waals surface area contributed by atoms with Gasteiger partial charge in [0.1, 0.15) is 0 Å². The Bertz CT molecular complexity index is 561. The van der Waals surface area contributed by atoms with Crippen molar-refractivity contribution in [2.45, 2.75) is 24.8 Å². The van der Waals surface area contributed by atoms with Crippen LogP contribution in [0.4, 0.5) is 0 Å². The van der Waals surface area contributed by atoms with E-state index in [4.69, 9.17) is 10.00 Å². The molecule has 5 nitrogen and oxygen atoms in total. The normalized spacial score (nSPS) is 13.0. The molecule has 0 heterocycles. The highest BCUT2D eigenvalue weighted by atomic mass is 32.2. The van der Waals surface area contributed by atoms with Crippen LogP contribution in [0.3, 0.4) is 0 Å². The Labute approximate surface area is 107 Å². The van der Waals surface area contributed by atoms with E-state index in [-0.39, 0.29) is 17.5 Å². The molecule has 0 aliphatic heterocycles. The van der Waals surface area contributed by atoms with Crippen LogP contribution in [0.1, 0.15) is 18.1 Å². The van der Waals surface area contributed by atoms with E-state index in [0.717, 1.165) is 0 Å². The summed E-state index contributed by atoms with van der Waals surface area (Å²) in [6.45, 7) is 3.68. The molecule has 0 amide bonds. The zero-order valence-electron chi connectivity index (χ0n) is 10.6. The van der Waals surface area contributed by atoms with E-state index < -0.39 is 10.0 Å². The highest BCUT2D eigenvalue weighted by molar-refractivity contribution is 7.89. The van der Waals surface area contributed by atoms with E-state index in [1.807, 2.05) is 6.07 Å². The van der Waals surface area contributed by atoms with Gasteiger partial charge in [-0.25, -0.2) is 13.1 Å². The largest absolute Gasteiger partial charge is 0.380 e. The van der Waals surface area contributed by atoms with Gasteiger partial charge in [0.25, 0.3) is 0 Å². The molecule has 0 bridgehead atoms. The Morgan fingerprint density at radius 2 is 2.17 bits per heavy atom. The minimum absolute atomic E-state index is 0.155. The maximum absolute atomic E-state index is 12.0. The van der Waals surface area contributed by atoms with Crippen LogP contribution < -0.4 is 4.72 Å². The monoisotopic (exact) mass is 268 g/mol. The average Bonchev–Trinajstić information content (AvgIpc) is 2.35. The third kappa shape index (κ3) is 3.53. The van der Waals surface area contributed by atoms with Gasteiger partial charge in [-0.3, -0.25) is 0 Å². The van der Waals surface area contributed by atoms with Crippen molar-refractivity contribution in [2.75, 3.05) is 13.7 Å². The molecule has 98 valence electrons. The van der Waals surface area contributed by atoms with Gasteiger partial charge < -0.3 is 4.74 Å². The maximum Gasteiger partial charge on any atom is 0.240 e. The average molecular weight is 268 g/mol. The predicted molar refractivity (Wildman–Crippen MR) is 67.6 cm³/mol. The summed E-state index contributed by atoms with van der Waals surface area (Å²) in [5.41, 5.74) is 1.11. The standard InChI is InChI=1S/C12H16N2O3S/c1-9-6-12(5-4-11(9)7-13)18(15,16)14-8-10(2)17-3/h4-6,10,14H,8H2,1-3H3. The van der Waals surface area contributed by atoms with Crippen molar-refractivity contribution in [1.82, 2.24) is 4.72 Å². The molecule has 1 unspecified atom stereocenters. The van der Waals surface area contributed by atoms with Crippen LogP contribution in [0, 0.1) is 18.3 Å². The van der Waals surface area contributed by atoms with Gasteiger partial charge in [-0.2, -0.15) is 5.26 Å². The molecule has 1 atom stereocenters. The van der Waals surface area contributed by atoms with Crippen molar-refractivity contribution in [3.8, 4) is 6.07 Å². The number of sulfonamides is 1. The third-order valence-electron chi connectivity index (χ3n) is 2.59. The molecule has 1 aromatic carbocycles. The molecule has 6 heteroatoms. The second-order valence-corrected chi connectivity index (χ2v) is 5.75. The first-order valence-electron chi connectivity index (χ1n) is 5.44. The Morgan fingerprint density at radius 3 is 2.67 bits per heavy atom. The predicted octanol–water partition coefficient (Wildman–Crippen LogP) is 1.18. The number of ether oxygens (including phenoxy) is 1. The van der Waals surface area contributed by atoms with Crippen LogP contribution in [0.25, 0.3) is 0 Å². The quantitative estimate of drug-likeness (QED) is 0.869. The first-order chi connectivity index (χ1) is 8.40. The fourth-order valence-electron chi connectivity index (χ4n) is 1.32. The van der Waals surface area contributed by atoms with Gasteiger partial charge in [-0.15, -0.1) is 0 Å². The Morgan fingerprint density at radius 1 is 1.50 bits per heavy atom. The van der Waals surface area contributed by atoms with E-state index in [1.54, 1.807) is 13.8 Å². The minimum Gasteiger partial charge on any atom is -0.380 e. The van der Waals surface area contributed by atoms with Crippen LogP contribution in [-0.4, -0.2) is 28.2 Å². The van der Waals surface area contributed by atoms with E-state index in [9.17, 15) is 8.42 Å². The Hall–Kier alpha value is -1.42. The van der Waals surface area contributed by atoms with Crippen LogP contribution in [0.15, 0.2) is 23.1 Å². The zero-order valence-corrected chi connectivity index (χ0v) is 11.4. The molecular weight excluding hydrogens is 252 g/mol. The summed E-state index contributed by atoms with van der Waals surface area (Å²) in [4.78, 5) is 0.155. The molecule has 1 rings (SSSR count). The summed E-state index contributed by atoms with van der Waals surface area (Å²) in [6, 6.07) is 6.41. The molecule has 0 fully saturated rings. The van der Waals surface area contributed by atoms with Gasteiger partial charge in [0.15, 0.2) is 0 Å². The molecule has 18 heavy (non-hydrogen) atoms. The first-order valence-corrected chi connectivity index (χ1v) is 6.92. The van der Waals surface area contributed by atoms with Crippen LogP contribution in [0.5, 0.6) is 0 Å². The van der Waals surface area contributed by atoms with E-state index >= 15 is 0 Å². The Kier molecular flexibility index (Phi) is 4.84. The summed E-state index contributed by atoms with van der Waals surface area (Å²) >= 11 is 0. The van der Waals surface area contributed by atoms with Gasteiger partial charge in [0.2, 0.25) is 10.0 Å². The van der Waals surface area contributed by atoms with Crippen molar-refractivity contribution in [1.29, 1.82) is 5.26 Å². The van der Waals surface area contributed by atoms with E-state index in [2.05, 4.69) is 4.72 Å². The smallest absolute Gasteiger partial charge is 0.240 e. The van der Waals surface area contributed by atoms with Crippen LogP contribution >= 0.6 is 0 Å². The molecule has 1 aromatic rings. The number of benzene rings is 1. The molecule has 0 aliphatic rings. The number of methoxy groups -OCH3 is 1. The summed E-state index contributed by atoms with van der Waals surface area (Å²) in [6.07, 6.45) is -0.195. The molecule has 0 spiro atoms. The molecule has 0 aromatic heterocycles.